The van der Waals surface area contributed by atoms with Gasteiger partial charge in [0.05, 0.1) is 13.0 Å². The van der Waals surface area contributed by atoms with Crippen molar-refractivity contribution in [2.24, 2.45) is 0 Å². The number of thiazole rings is 1. The number of nitrogens with one attached hydrogen (secondary N) is 2. The first-order valence-corrected chi connectivity index (χ1v) is 9.21. The lowest BCUT2D eigenvalue weighted by Crippen LogP contribution is -2.41. The molecule has 1 aromatic heterocycles. The zero-order chi connectivity index (χ0) is 18.9. The van der Waals surface area contributed by atoms with E-state index in [1.807, 2.05) is 24.3 Å². The molecule has 7 nitrogen and oxygen atoms in total. The van der Waals surface area contributed by atoms with Crippen molar-refractivity contribution >= 4 is 29.1 Å². The van der Waals surface area contributed by atoms with E-state index in [4.69, 9.17) is 4.74 Å². The maximum absolute atomic E-state index is 12.1. The van der Waals surface area contributed by atoms with Crippen LogP contribution in [-0.4, -0.2) is 29.4 Å². The van der Waals surface area contributed by atoms with Crippen LogP contribution in [0.1, 0.15) is 42.7 Å². The normalized spacial score (nSPS) is 10.2. The van der Waals surface area contributed by atoms with Gasteiger partial charge in [-0.3, -0.25) is 25.2 Å². The molecule has 0 fully saturated rings. The number of esters is 1. The van der Waals surface area contributed by atoms with Gasteiger partial charge in [0, 0.05) is 17.4 Å². The van der Waals surface area contributed by atoms with Gasteiger partial charge >= 0.3 is 5.97 Å². The summed E-state index contributed by atoms with van der Waals surface area (Å²) in [4.78, 5) is 39.2. The van der Waals surface area contributed by atoms with Gasteiger partial charge in [0.25, 0.3) is 5.91 Å². The third-order valence-electron chi connectivity index (χ3n) is 3.52. The molecule has 138 valence electrons. The third-order valence-corrected chi connectivity index (χ3v) is 4.41. The van der Waals surface area contributed by atoms with Gasteiger partial charge in [0.1, 0.15) is 10.7 Å². The second kappa shape index (κ2) is 9.67. The van der Waals surface area contributed by atoms with Crippen molar-refractivity contribution in [1.29, 1.82) is 0 Å². The summed E-state index contributed by atoms with van der Waals surface area (Å²) in [5.41, 5.74) is 6.94. The van der Waals surface area contributed by atoms with Gasteiger partial charge in [-0.2, -0.15) is 0 Å². The van der Waals surface area contributed by atoms with Crippen molar-refractivity contribution in [1.82, 2.24) is 15.8 Å². The summed E-state index contributed by atoms with van der Waals surface area (Å²) in [5, 5.41) is 2.36. The Morgan fingerprint density at radius 2 is 1.81 bits per heavy atom. The predicted octanol–water partition coefficient (Wildman–Crippen LogP) is 2.48. The number of hydrogen-bond donors (Lipinski definition) is 2. The average molecular weight is 375 g/mol. The molecule has 2 rings (SSSR count). The molecule has 2 aromatic rings. The number of aryl methyl sites for hydroxylation is 1. The molecule has 0 aliphatic rings. The van der Waals surface area contributed by atoms with Crippen molar-refractivity contribution in [3.05, 3.63) is 40.9 Å². The fourth-order valence-electron chi connectivity index (χ4n) is 2.10. The molecule has 0 unspecified atom stereocenters. The maximum atomic E-state index is 12.1. The Labute approximate surface area is 155 Å². The minimum Gasteiger partial charge on any atom is -0.466 e. The number of benzene rings is 1. The summed E-state index contributed by atoms with van der Waals surface area (Å²) in [7, 11) is 0. The van der Waals surface area contributed by atoms with Gasteiger partial charge in [0.15, 0.2) is 0 Å². The van der Waals surface area contributed by atoms with Crippen LogP contribution in [0.25, 0.3) is 10.6 Å². The highest BCUT2D eigenvalue weighted by molar-refractivity contribution is 7.13. The first kappa shape index (κ1) is 19.6. The molecule has 26 heavy (non-hydrogen) atoms. The van der Waals surface area contributed by atoms with E-state index in [0.29, 0.717) is 0 Å². The van der Waals surface area contributed by atoms with Crippen LogP contribution in [0.5, 0.6) is 0 Å². The number of hydrogen-bond acceptors (Lipinski definition) is 6. The molecule has 0 radical (unpaired) electrons. The summed E-state index contributed by atoms with van der Waals surface area (Å²) < 4.78 is 4.73. The molecule has 1 aromatic carbocycles. The van der Waals surface area contributed by atoms with Crippen LogP contribution in [0.15, 0.2) is 29.6 Å². The minimum atomic E-state index is -0.512. The monoisotopic (exact) mass is 375 g/mol. The van der Waals surface area contributed by atoms with Crippen molar-refractivity contribution in [3.8, 4) is 10.6 Å². The fourth-order valence-corrected chi connectivity index (χ4v) is 2.90. The van der Waals surface area contributed by atoms with E-state index < -0.39 is 17.8 Å². The van der Waals surface area contributed by atoms with Crippen LogP contribution in [0, 0.1) is 0 Å². The molecule has 8 heteroatoms. The quantitative estimate of drug-likeness (QED) is 0.572. The molecule has 0 saturated carbocycles. The number of rotatable bonds is 7. The van der Waals surface area contributed by atoms with Gasteiger partial charge in [0.2, 0.25) is 5.91 Å². The van der Waals surface area contributed by atoms with Crippen molar-refractivity contribution < 1.29 is 19.1 Å². The van der Waals surface area contributed by atoms with Crippen molar-refractivity contribution in [2.45, 2.75) is 33.1 Å². The Hall–Kier alpha value is -2.74. The summed E-state index contributed by atoms with van der Waals surface area (Å²) in [6.45, 7) is 4.05. The molecule has 0 aliphatic heterocycles. The standard InChI is InChI=1S/C18H21N3O4S/c1-3-12-5-7-13(8-6-12)18-19-14(11-26-18)17(24)21-20-15(22)9-10-16(23)25-4-2/h5-8,11H,3-4,9-10H2,1-2H3,(H,20,22)(H,21,24). The molecule has 2 amide bonds. The van der Waals surface area contributed by atoms with Crippen molar-refractivity contribution in [3.63, 3.8) is 0 Å². The summed E-state index contributed by atoms with van der Waals surface area (Å²) in [5.74, 6) is -1.44. The smallest absolute Gasteiger partial charge is 0.306 e. The second-order valence-corrected chi connectivity index (χ2v) is 6.25. The molecule has 0 bridgehead atoms. The first-order chi connectivity index (χ1) is 12.5. The van der Waals surface area contributed by atoms with Crippen LogP contribution in [0.4, 0.5) is 0 Å². The van der Waals surface area contributed by atoms with Gasteiger partial charge in [-0.15, -0.1) is 11.3 Å². The van der Waals surface area contributed by atoms with E-state index in [2.05, 4.69) is 22.8 Å². The topological polar surface area (TPSA) is 97.4 Å². The lowest BCUT2D eigenvalue weighted by atomic mass is 10.1. The van der Waals surface area contributed by atoms with Crippen LogP contribution in [0.3, 0.4) is 0 Å². The lowest BCUT2D eigenvalue weighted by Gasteiger charge is -2.05. The maximum Gasteiger partial charge on any atom is 0.306 e. The minimum absolute atomic E-state index is 0.0376. The Bertz CT molecular complexity index is 771. The Morgan fingerprint density at radius 3 is 2.46 bits per heavy atom. The van der Waals surface area contributed by atoms with Gasteiger partial charge in [-0.25, -0.2) is 4.98 Å². The number of nitrogens with zero attached hydrogens (tertiary/aromatic N) is 1. The molecule has 0 atom stereocenters. The fraction of sp³-hybridized carbons (Fsp3) is 0.333. The average Bonchev–Trinajstić information content (AvgIpc) is 3.15. The van der Waals surface area contributed by atoms with Gasteiger partial charge in [-0.05, 0) is 18.9 Å². The van der Waals surface area contributed by atoms with E-state index in [1.54, 1.807) is 12.3 Å². The highest BCUT2D eigenvalue weighted by Crippen LogP contribution is 2.24. The van der Waals surface area contributed by atoms with Crippen molar-refractivity contribution in [2.75, 3.05) is 6.61 Å². The highest BCUT2D eigenvalue weighted by Gasteiger charge is 2.13. The molecule has 1 heterocycles. The third kappa shape index (κ3) is 5.66. The van der Waals surface area contributed by atoms with Gasteiger partial charge < -0.3 is 4.74 Å². The zero-order valence-electron chi connectivity index (χ0n) is 14.7. The zero-order valence-corrected chi connectivity index (χ0v) is 15.5. The Kier molecular flexibility index (Phi) is 7.28. The Balaban J connectivity index is 1.85. The second-order valence-electron chi connectivity index (χ2n) is 5.40. The lowest BCUT2D eigenvalue weighted by molar-refractivity contribution is -0.144. The Morgan fingerprint density at radius 1 is 1.08 bits per heavy atom. The van der Waals surface area contributed by atoms with E-state index >= 15 is 0 Å². The molecular formula is C18H21N3O4S. The number of carbonyl (C=O) groups is 3. The number of ether oxygens (including phenoxy) is 1. The number of carbonyl (C=O) groups excluding carboxylic acids is 3. The highest BCUT2D eigenvalue weighted by atomic mass is 32.1. The van der Waals surface area contributed by atoms with E-state index in [-0.39, 0.29) is 25.1 Å². The number of hydrazine groups is 1. The molecular weight excluding hydrogens is 354 g/mol. The van der Waals surface area contributed by atoms with E-state index in [0.717, 1.165) is 17.0 Å². The molecule has 0 aliphatic carbocycles. The number of amides is 2. The van der Waals surface area contributed by atoms with E-state index in [9.17, 15) is 14.4 Å². The summed E-state index contributed by atoms with van der Waals surface area (Å²) in [6.07, 6.45) is 0.858. The SMILES string of the molecule is CCOC(=O)CCC(=O)NNC(=O)c1csc(-c2ccc(CC)cc2)n1. The van der Waals surface area contributed by atoms with Crippen LogP contribution >= 0.6 is 11.3 Å². The van der Waals surface area contributed by atoms with E-state index in [1.165, 1.54) is 16.9 Å². The van der Waals surface area contributed by atoms with Crippen LogP contribution in [0.2, 0.25) is 0 Å². The van der Waals surface area contributed by atoms with Crippen LogP contribution in [-0.2, 0) is 20.7 Å². The van der Waals surface area contributed by atoms with Gasteiger partial charge in [-0.1, -0.05) is 31.2 Å². The predicted molar refractivity (Wildman–Crippen MR) is 98.4 cm³/mol. The largest absolute Gasteiger partial charge is 0.466 e. The van der Waals surface area contributed by atoms with Crippen LogP contribution < -0.4 is 10.9 Å². The summed E-state index contributed by atoms with van der Waals surface area (Å²) >= 11 is 1.35. The number of aromatic nitrogens is 1. The molecule has 0 saturated heterocycles. The summed E-state index contributed by atoms with van der Waals surface area (Å²) in [6, 6.07) is 7.99. The first-order valence-electron chi connectivity index (χ1n) is 8.33. The molecule has 0 spiro atoms. The molecule has 2 N–H and O–H groups in total.